The monoisotopic (exact) mass is 435 g/mol. The van der Waals surface area contributed by atoms with Gasteiger partial charge >= 0.3 is 0 Å². The van der Waals surface area contributed by atoms with Crippen LogP contribution in [0.2, 0.25) is 5.02 Å². The van der Waals surface area contributed by atoms with Crippen molar-refractivity contribution in [2.75, 3.05) is 14.2 Å². The minimum absolute atomic E-state index is 0.156. The van der Waals surface area contributed by atoms with Crippen molar-refractivity contribution in [3.8, 4) is 17.3 Å². The summed E-state index contributed by atoms with van der Waals surface area (Å²) in [5.74, 6) is 1.47. The van der Waals surface area contributed by atoms with E-state index in [9.17, 15) is 4.79 Å². The lowest BCUT2D eigenvalue weighted by Crippen LogP contribution is -2.23. The van der Waals surface area contributed by atoms with Gasteiger partial charge in [0, 0.05) is 30.1 Å². The number of aromatic nitrogens is 3. The molecule has 0 aliphatic carbocycles. The molecule has 0 saturated heterocycles. The minimum Gasteiger partial charge on any atom is -0.496 e. The lowest BCUT2D eigenvalue weighted by molar-refractivity contribution is -0.118. The fourth-order valence-electron chi connectivity index (χ4n) is 2.98. The topological polar surface area (TPSA) is 91.4 Å². The molecule has 2 heterocycles. The van der Waals surface area contributed by atoms with Crippen molar-refractivity contribution >= 4 is 29.7 Å². The molecule has 2 aromatic heterocycles. The van der Waals surface area contributed by atoms with Crippen molar-refractivity contribution < 1.29 is 13.9 Å². The third-order valence-corrected chi connectivity index (χ3v) is 4.97. The second kappa shape index (κ2) is 9.25. The molecule has 0 atom stereocenters. The molecule has 8 nitrogen and oxygen atoms in total. The fourth-order valence-corrected chi connectivity index (χ4v) is 3.46. The van der Waals surface area contributed by atoms with Crippen LogP contribution in [-0.4, -0.2) is 39.3 Å². The second-order valence-corrected chi connectivity index (χ2v) is 7.36. The maximum Gasteiger partial charge on any atom is 0.219 e. The number of amides is 1. The van der Waals surface area contributed by atoms with Crippen molar-refractivity contribution in [3.05, 3.63) is 52.0 Å². The van der Waals surface area contributed by atoms with Crippen LogP contribution >= 0.6 is 23.8 Å². The number of halogens is 1. The third kappa shape index (κ3) is 5.06. The molecule has 3 rings (SSSR count). The van der Waals surface area contributed by atoms with Crippen LogP contribution in [0.4, 0.5) is 0 Å². The zero-order chi connectivity index (χ0) is 21.0. The second-order valence-electron chi connectivity index (χ2n) is 6.56. The van der Waals surface area contributed by atoms with Crippen LogP contribution in [0.25, 0.3) is 11.6 Å². The Bertz CT molecular complexity index is 1040. The van der Waals surface area contributed by atoms with Gasteiger partial charge in [0.2, 0.25) is 5.91 Å². The first-order valence-corrected chi connectivity index (χ1v) is 9.68. The maximum absolute atomic E-state index is 11.3. The van der Waals surface area contributed by atoms with Crippen LogP contribution in [0.3, 0.4) is 0 Å². The van der Waals surface area contributed by atoms with Gasteiger partial charge in [0.15, 0.2) is 16.4 Å². The van der Waals surface area contributed by atoms with Crippen molar-refractivity contribution in [2.45, 2.75) is 26.2 Å². The average Bonchev–Trinajstić information content (AvgIpc) is 3.29. The summed E-state index contributed by atoms with van der Waals surface area (Å²) in [5.41, 5.74) is 6.26. The van der Waals surface area contributed by atoms with Crippen LogP contribution in [0, 0.1) is 4.77 Å². The number of furan rings is 1. The van der Waals surface area contributed by atoms with Crippen molar-refractivity contribution in [1.29, 1.82) is 0 Å². The quantitative estimate of drug-likeness (QED) is 0.518. The van der Waals surface area contributed by atoms with Crippen molar-refractivity contribution in [1.82, 2.24) is 19.2 Å². The first-order chi connectivity index (χ1) is 13.9. The number of primary amides is 1. The Morgan fingerprint density at radius 3 is 2.86 bits per heavy atom. The molecule has 1 aromatic carbocycles. The zero-order valence-corrected chi connectivity index (χ0v) is 17.7. The Morgan fingerprint density at radius 1 is 1.41 bits per heavy atom. The number of hydrogen-bond donors (Lipinski definition) is 1. The normalized spacial score (nSPS) is 11.2. The van der Waals surface area contributed by atoms with Crippen LogP contribution in [-0.2, 0) is 24.6 Å². The molecule has 1 amide bonds. The number of methoxy groups -OCH3 is 1. The predicted octanol–water partition coefficient (Wildman–Crippen LogP) is 3.30. The predicted molar refractivity (Wildman–Crippen MR) is 112 cm³/mol. The molecule has 2 N–H and O–H groups in total. The largest absolute Gasteiger partial charge is 0.496 e. The molecule has 29 heavy (non-hydrogen) atoms. The molecule has 0 aliphatic heterocycles. The molecule has 154 valence electrons. The SMILES string of the molecule is COc1ccc(Cl)cc1CN(C)Cn1nc(-c2ccco2)n(CCC(N)=O)c1=S. The molecule has 0 unspecified atom stereocenters. The molecule has 0 bridgehead atoms. The molecular weight excluding hydrogens is 414 g/mol. The average molecular weight is 436 g/mol. The number of carbonyl (C=O) groups excluding carboxylic acids is 1. The molecule has 0 aliphatic rings. The Balaban J connectivity index is 1.85. The lowest BCUT2D eigenvalue weighted by Gasteiger charge is -2.18. The van der Waals surface area contributed by atoms with Crippen molar-refractivity contribution in [3.63, 3.8) is 0 Å². The first-order valence-electron chi connectivity index (χ1n) is 8.90. The van der Waals surface area contributed by atoms with E-state index in [1.165, 1.54) is 0 Å². The summed E-state index contributed by atoms with van der Waals surface area (Å²) in [5, 5.41) is 5.24. The van der Waals surface area contributed by atoms with Crippen LogP contribution in [0.5, 0.6) is 5.75 Å². The Hall–Kier alpha value is -2.62. The molecule has 10 heteroatoms. The molecular formula is C19H22ClN5O3S. The molecule has 0 saturated carbocycles. The number of carbonyl (C=O) groups is 1. The standard InChI is InChI=1S/C19H22ClN5O3S/c1-23(11-13-10-14(20)5-6-15(13)27-2)12-25-19(29)24(8-7-17(21)26)18(22-25)16-4-3-9-28-16/h3-6,9-10H,7-8,11-12H2,1-2H3,(H2,21,26). The summed E-state index contributed by atoms with van der Waals surface area (Å²) in [4.78, 5) is 13.3. The molecule has 0 radical (unpaired) electrons. The Labute approximate surface area is 178 Å². The number of ether oxygens (including phenoxy) is 1. The van der Waals surface area contributed by atoms with E-state index in [4.69, 9.17) is 38.7 Å². The number of nitrogens with zero attached hydrogens (tertiary/aromatic N) is 4. The van der Waals surface area contributed by atoms with E-state index in [1.807, 2.05) is 24.1 Å². The number of hydrogen-bond acceptors (Lipinski definition) is 6. The smallest absolute Gasteiger partial charge is 0.219 e. The highest BCUT2D eigenvalue weighted by molar-refractivity contribution is 7.71. The highest BCUT2D eigenvalue weighted by Crippen LogP contribution is 2.24. The van der Waals surface area contributed by atoms with Gasteiger partial charge in [-0.3, -0.25) is 14.3 Å². The van der Waals surface area contributed by atoms with E-state index in [2.05, 4.69) is 5.10 Å². The Morgan fingerprint density at radius 2 is 2.21 bits per heavy atom. The maximum atomic E-state index is 11.3. The van der Waals surface area contributed by atoms with Gasteiger partial charge in [0.1, 0.15) is 5.75 Å². The van der Waals surface area contributed by atoms with Gasteiger partial charge in [-0.2, -0.15) is 0 Å². The summed E-state index contributed by atoms with van der Waals surface area (Å²) < 4.78 is 14.8. The number of nitrogens with two attached hydrogens (primary N) is 1. The van der Waals surface area contributed by atoms with Crippen LogP contribution in [0.15, 0.2) is 41.0 Å². The Kier molecular flexibility index (Phi) is 6.73. The number of rotatable bonds is 9. The van der Waals surface area contributed by atoms with Crippen molar-refractivity contribution in [2.24, 2.45) is 5.73 Å². The third-order valence-electron chi connectivity index (χ3n) is 4.30. The van der Waals surface area contributed by atoms with E-state index in [-0.39, 0.29) is 6.42 Å². The summed E-state index contributed by atoms with van der Waals surface area (Å²) >= 11 is 11.7. The van der Waals surface area contributed by atoms with Crippen LogP contribution < -0.4 is 10.5 Å². The zero-order valence-electron chi connectivity index (χ0n) is 16.2. The van der Waals surface area contributed by atoms with Gasteiger partial charge in [0.05, 0.1) is 20.0 Å². The highest BCUT2D eigenvalue weighted by Gasteiger charge is 2.17. The van der Waals surface area contributed by atoms with Gasteiger partial charge in [-0.1, -0.05) is 11.6 Å². The van der Waals surface area contributed by atoms with Gasteiger partial charge in [-0.25, -0.2) is 4.68 Å². The summed E-state index contributed by atoms with van der Waals surface area (Å²) in [7, 11) is 3.57. The van der Waals surface area contributed by atoms with Crippen LogP contribution in [0.1, 0.15) is 12.0 Å². The first kappa shape index (κ1) is 21.1. The van der Waals surface area contributed by atoms with Gasteiger partial charge in [-0.05, 0) is 49.6 Å². The summed E-state index contributed by atoms with van der Waals surface area (Å²) in [6.07, 6.45) is 1.72. The molecule has 3 aromatic rings. The minimum atomic E-state index is -0.407. The van der Waals surface area contributed by atoms with Gasteiger partial charge < -0.3 is 14.9 Å². The molecule has 0 fully saturated rings. The van der Waals surface area contributed by atoms with E-state index in [0.29, 0.717) is 41.1 Å². The molecule has 0 spiro atoms. The fraction of sp³-hybridized carbons (Fsp3) is 0.316. The van der Waals surface area contributed by atoms with Gasteiger partial charge in [-0.15, -0.1) is 5.10 Å². The van der Waals surface area contributed by atoms with Gasteiger partial charge in [0.25, 0.3) is 0 Å². The van der Waals surface area contributed by atoms with E-state index >= 15 is 0 Å². The lowest BCUT2D eigenvalue weighted by atomic mass is 10.2. The summed E-state index contributed by atoms with van der Waals surface area (Å²) in [6.45, 7) is 1.33. The summed E-state index contributed by atoms with van der Waals surface area (Å²) in [6, 6.07) is 9.06. The van der Waals surface area contributed by atoms with E-state index in [0.717, 1.165) is 11.3 Å². The number of benzene rings is 1. The highest BCUT2D eigenvalue weighted by atomic mass is 35.5. The van der Waals surface area contributed by atoms with E-state index < -0.39 is 5.91 Å². The van der Waals surface area contributed by atoms with E-state index in [1.54, 1.807) is 40.8 Å².